The maximum atomic E-state index is 12.5. The average molecular weight is 336 g/mol. The third-order valence-electron chi connectivity index (χ3n) is 4.05. The molecule has 1 heterocycles. The number of aliphatic hydroxyl groups excluding tert-OH is 1. The van der Waals surface area contributed by atoms with Crippen molar-refractivity contribution >= 4 is 23.3 Å². The van der Waals surface area contributed by atoms with Crippen LogP contribution in [0.3, 0.4) is 0 Å². The molecule has 1 aliphatic rings. The first-order valence-electron chi connectivity index (χ1n) is 7.80. The lowest BCUT2D eigenvalue weighted by atomic mass is 10.0. The molecule has 0 saturated carbocycles. The number of carbonyl (C=O) groups excluding carboxylic acids is 1. The van der Waals surface area contributed by atoms with E-state index in [1.165, 1.54) is 11.0 Å². The molecule has 0 fully saturated rings. The Labute approximate surface area is 138 Å². The molecule has 0 saturated heterocycles. The van der Waals surface area contributed by atoms with Gasteiger partial charge in [-0.25, -0.2) is 0 Å². The summed E-state index contributed by atoms with van der Waals surface area (Å²) in [7, 11) is 0. The van der Waals surface area contributed by atoms with Crippen molar-refractivity contribution in [3.8, 4) is 0 Å². The van der Waals surface area contributed by atoms with Gasteiger partial charge in [-0.3, -0.25) is 19.7 Å². The molecule has 1 aliphatic heterocycles. The second-order valence-electron chi connectivity index (χ2n) is 5.95. The Balaban J connectivity index is 2.39. The highest BCUT2D eigenvalue weighted by molar-refractivity contribution is 5.99. The number of amides is 1. The van der Waals surface area contributed by atoms with Crippen molar-refractivity contribution in [3.05, 3.63) is 33.4 Å². The number of hydrogen-bond donors (Lipinski definition) is 2. The number of hydrogen-bond acceptors (Lipinski definition) is 5. The highest BCUT2D eigenvalue weighted by Crippen LogP contribution is 2.41. The van der Waals surface area contributed by atoms with E-state index in [0.717, 1.165) is 0 Å². The lowest BCUT2D eigenvalue weighted by molar-refractivity contribution is -0.384. The van der Waals surface area contributed by atoms with Gasteiger partial charge in [0.05, 0.1) is 11.3 Å². The number of nitro groups is 1. The van der Waals surface area contributed by atoms with Gasteiger partial charge in [0.2, 0.25) is 5.91 Å². The first kappa shape index (κ1) is 17.9. The number of benzene rings is 1. The van der Waals surface area contributed by atoms with Crippen LogP contribution in [0, 0.1) is 10.1 Å². The van der Waals surface area contributed by atoms with E-state index < -0.39 is 10.9 Å². The molecular weight excluding hydrogens is 316 g/mol. The molecule has 0 aromatic heterocycles. The maximum absolute atomic E-state index is 12.5. The van der Waals surface area contributed by atoms with Crippen molar-refractivity contribution in [2.24, 2.45) is 0 Å². The van der Waals surface area contributed by atoms with Gasteiger partial charge in [0, 0.05) is 25.1 Å². The Morgan fingerprint density at radius 2 is 2.08 bits per heavy atom. The van der Waals surface area contributed by atoms with Crippen molar-refractivity contribution in [1.82, 2.24) is 0 Å². The molecule has 0 aliphatic carbocycles. The van der Waals surface area contributed by atoms with Crippen LogP contribution in [0.5, 0.6) is 0 Å². The molecule has 1 amide bonds. The summed E-state index contributed by atoms with van der Waals surface area (Å²) in [5, 5.41) is 29.1. The molecule has 8 heteroatoms. The van der Waals surface area contributed by atoms with E-state index in [1.54, 1.807) is 6.07 Å². The fraction of sp³-hybridized carbons (Fsp3) is 0.500. The summed E-state index contributed by atoms with van der Waals surface area (Å²) in [5.74, 6) is -1.28. The summed E-state index contributed by atoms with van der Waals surface area (Å²) in [4.78, 5) is 35.6. The Hall–Kier alpha value is -2.48. The Morgan fingerprint density at radius 3 is 2.67 bits per heavy atom. The number of nitrogens with zero attached hydrogens (tertiary/aromatic N) is 2. The zero-order chi connectivity index (χ0) is 17.9. The molecule has 8 nitrogen and oxygen atoms in total. The number of aliphatic hydroxyl groups is 1. The van der Waals surface area contributed by atoms with Gasteiger partial charge in [-0.15, -0.1) is 0 Å². The predicted molar refractivity (Wildman–Crippen MR) is 86.0 cm³/mol. The van der Waals surface area contributed by atoms with Crippen molar-refractivity contribution in [3.63, 3.8) is 0 Å². The van der Waals surface area contributed by atoms with Crippen molar-refractivity contribution in [2.45, 2.75) is 45.1 Å². The number of unbranched alkanes of at least 4 members (excludes halogenated alkanes) is 1. The van der Waals surface area contributed by atoms with Gasteiger partial charge in [-0.1, -0.05) is 6.07 Å². The van der Waals surface area contributed by atoms with E-state index in [1.807, 2.05) is 6.92 Å². The Bertz CT molecular complexity index is 673. The van der Waals surface area contributed by atoms with Crippen molar-refractivity contribution in [1.29, 1.82) is 0 Å². The van der Waals surface area contributed by atoms with Gasteiger partial charge in [-0.05, 0) is 37.3 Å². The second-order valence-corrected chi connectivity index (χ2v) is 5.95. The number of rotatable bonds is 7. The molecule has 0 bridgehead atoms. The van der Waals surface area contributed by atoms with Crippen LogP contribution in [0.1, 0.15) is 37.3 Å². The summed E-state index contributed by atoms with van der Waals surface area (Å²) in [6, 6.07) is 2.65. The summed E-state index contributed by atoms with van der Waals surface area (Å²) >= 11 is 0. The minimum absolute atomic E-state index is 0.00187. The second kappa shape index (κ2) is 7.39. The fourth-order valence-corrected chi connectivity index (χ4v) is 3.10. The number of carboxylic acids is 1. The predicted octanol–water partition coefficient (Wildman–Crippen LogP) is 1.66. The van der Waals surface area contributed by atoms with E-state index in [2.05, 4.69) is 0 Å². The summed E-state index contributed by atoms with van der Waals surface area (Å²) in [6.07, 6.45) is 1.37. The number of nitro benzene ring substituents is 1. The van der Waals surface area contributed by atoms with Crippen LogP contribution >= 0.6 is 0 Å². The number of fused-ring (bicyclic) bond motifs is 1. The Morgan fingerprint density at radius 1 is 1.38 bits per heavy atom. The zero-order valence-corrected chi connectivity index (χ0v) is 13.4. The Kier molecular flexibility index (Phi) is 5.50. The molecule has 1 atom stereocenters. The van der Waals surface area contributed by atoms with Crippen LogP contribution in [0.25, 0.3) is 0 Å². The average Bonchev–Trinajstić information content (AvgIpc) is 2.81. The van der Waals surface area contributed by atoms with E-state index >= 15 is 0 Å². The third-order valence-corrected chi connectivity index (χ3v) is 4.05. The normalized spacial score (nSPS) is 16.1. The van der Waals surface area contributed by atoms with Gasteiger partial charge in [-0.2, -0.15) is 0 Å². The molecule has 1 aromatic carbocycles. The number of carboxylic acid groups (broad SMARTS) is 1. The maximum Gasteiger partial charge on any atom is 0.307 e. The summed E-state index contributed by atoms with van der Waals surface area (Å²) in [6.45, 7) is 1.81. The van der Waals surface area contributed by atoms with E-state index in [4.69, 9.17) is 10.2 Å². The highest BCUT2D eigenvalue weighted by Gasteiger charge is 2.37. The van der Waals surface area contributed by atoms with E-state index in [9.17, 15) is 19.7 Å². The molecular formula is C16H20N2O6. The smallest absolute Gasteiger partial charge is 0.307 e. The lowest BCUT2D eigenvalue weighted by Gasteiger charge is -2.22. The number of carbonyl (C=O) groups is 2. The van der Waals surface area contributed by atoms with Gasteiger partial charge in [0.15, 0.2) is 0 Å². The van der Waals surface area contributed by atoms with Crippen LogP contribution in [-0.2, 0) is 22.4 Å². The minimum Gasteiger partial charge on any atom is -0.481 e. The van der Waals surface area contributed by atoms with Gasteiger partial charge < -0.3 is 15.1 Å². The first-order chi connectivity index (χ1) is 11.3. The van der Waals surface area contributed by atoms with Crippen LogP contribution in [0.2, 0.25) is 0 Å². The molecule has 130 valence electrons. The lowest BCUT2D eigenvalue weighted by Crippen LogP contribution is -2.35. The van der Waals surface area contributed by atoms with E-state index in [-0.39, 0.29) is 42.8 Å². The standard InChI is InChI=1S/C16H20N2O6/c1-10-6-12-7-11(9-15(21)22)8-13(18(23)24)16(12)17(10)14(20)4-2-3-5-19/h7-8,10,19H,2-6,9H2,1H3,(H,21,22). The number of aliphatic carboxylic acids is 1. The van der Waals surface area contributed by atoms with Crippen molar-refractivity contribution < 1.29 is 24.7 Å². The van der Waals surface area contributed by atoms with Gasteiger partial charge >= 0.3 is 5.97 Å². The largest absolute Gasteiger partial charge is 0.481 e. The zero-order valence-electron chi connectivity index (χ0n) is 13.4. The van der Waals surface area contributed by atoms with Crippen LogP contribution < -0.4 is 4.90 Å². The fourth-order valence-electron chi connectivity index (χ4n) is 3.10. The number of anilines is 1. The first-order valence-corrected chi connectivity index (χ1v) is 7.80. The summed E-state index contributed by atoms with van der Waals surface area (Å²) in [5.41, 5.74) is 1.03. The van der Waals surface area contributed by atoms with E-state index in [0.29, 0.717) is 30.4 Å². The van der Waals surface area contributed by atoms with Crippen LogP contribution in [-0.4, -0.2) is 39.7 Å². The molecule has 0 radical (unpaired) electrons. The summed E-state index contributed by atoms with van der Waals surface area (Å²) < 4.78 is 0. The minimum atomic E-state index is -1.06. The van der Waals surface area contributed by atoms with Gasteiger partial charge in [0.1, 0.15) is 5.69 Å². The molecule has 24 heavy (non-hydrogen) atoms. The monoisotopic (exact) mass is 336 g/mol. The van der Waals surface area contributed by atoms with Crippen molar-refractivity contribution in [2.75, 3.05) is 11.5 Å². The SMILES string of the molecule is CC1Cc2cc(CC(=O)O)cc([N+](=O)[O-])c2N1C(=O)CCCCO. The topological polar surface area (TPSA) is 121 Å². The third kappa shape index (κ3) is 3.70. The molecule has 1 unspecified atom stereocenters. The van der Waals surface area contributed by atoms with Crippen LogP contribution in [0.15, 0.2) is 12.1 Å². The molecule has 0 spiro atoms. The molecule has 2 rings (SSSR count). The van der Waals surface area contributed by atoms with Crippen LogP contribution in [0.4, 0.5) is 11.4 Å². The van der Waals surface area contributed by atoms with Gasteiger partial charge in [0.25, 0.3) is 5.69 Å². The highest BCUT2D eigenvalue weighted by atomic mass is 16.6. The quantitative estimate of drug-likeness (QED) is 0.444. The molecule has 1 aromatic rings. The molecule has 2 N–H and O–H groups in total.